The Labute approximate surface area is 186 Å². The van der Waals surface area contributed by atoms with E-state index in [1.165, 1.54) is 0 Å². The van der Waals surface area contributed by atoms with Gasteiger partial charge in [-0.2, -0.15) is 0 Å². The minimum atomic E-state index is -0.242. The lowest BCUT2D eigenvalue weighted by molar-refractivity contribution is -0.131. The summed E-state index contributed by atoms with van der Waals surface area (Å²) in [5.41, 5.74) is 1.92. The van der Waals surface area contributed by atoms with Gasteiger partial charge in [-0.05, 0) is 42.7 Å². The summed E-state index contributed by atoms with van der Waals surface area (Å²) in [6.07, 6.45) is 3.82. The Kier molecular flexibility index (Phi) is 5.71. The summed E-state index contributed by atoms with van der Waals surface area (Å²) in [7, 11) is 0. The molecule has 0 unspecified atom stereocenters. The fourth-order valence-corrected chi connectivity index (χ4v) is 5.32. The molecule has 31 heavy (non-hydrogen) atoms. The molecule has 2 aromatic heterocycles. The van der Waals surface area contributed by atoms with Gasteiger partial charge in [0.05, 0.1) is 0 Å². The van der Waals surface area contributed by atoms with Crippen LogP contribution in [-0.4, -0.2) is 38.5 Å². The van der Waals surface area contributed by atoms with E-state index in [9.17, 15) is 4.79 Å². The summed E-state index contributed by atoms with van der Waals surface area (Å²) in [5, 5.41) is 8.48. The molecule has 1 aliphatic heterocycles. The van der Waals surface area contributed by atoms with Gasteiger partial charge in [-0.1, -0.05) is 54.6 Å². The van der Waals surface area contributed by atoms with E-state index in [-0.39, 0.29) is 11.2 Å². The molecule has 5 rings (SSSR count). The number of piperidine rings is 1. The van der Waals surface area contributed by atoms with Gasteiger partial charge in [0.2, 0.25) is 5.91 Å². The fraction of sp³-hybridized carbons (Fsp3) is 0.240. The number of hydrogen-bond donors (Lipinski definition) is 0. The molecular weight excluding hydrogens is 404 g/mol. The molecule has 156 valence electrons. The van der Waals surface area contributed by atoms with Crippen LogP contribution < -0.4 is 0 Å². The molecule has 6 heteroatoms. The van der Waals surface area contributed by atoms with E-state index in [0.717, 1.165) is 47.9 Å². The van der Waals surface area contributed by atoms with Crippen LogP contribution in [0.5, 0.6) is 0 Å². The molecule has 1 atom stereocenters. The minimum absolute atomic E-state index is 0.185. The van der Waals surface area contributed by atoms with Crippen LogP contribution in [0.3, 0.4) is 0 Å². The minimum Gasteiger partial charge on any atom is -0.341 e. The molecule has 1 aliphatic rings. The highest BCUT2D eigenvalue weighted by atomic mass is 32.2. The van der Waals surface area contributed by atoms with Crippen LogP contribution in [0.1, 0.15) is 35.4 Å². The lowest BCUT2D eigenvalue weighted by Gasteiger charge is -2.33. The van der Waals surface area contributed by atoms with Crippen molar-refractivity contribution in [2.45, 2.75) is 28.9 Å². The third-order valence-corrected chi connectivity index (χ3v) is 7.09. The number of benzene rings is 2. The summed E-state index contributed by atoms with van der Waals surface area (Å²) < 4.78 is 2.07. The smallest absolute Gasteiger partial charge is 0.240 e. The first-order chi connectivity index (χ1) is 15.3. The van der Waals surface area contributed by atoms with Crippen LogP contribution >= 0.6 is 11.8 Å². The van der Waals surface area contributed by atoms with E-state index in [1.54, 1.807) is 11.8 Å². The summed E-state index contributed by atoms with van der Waals surface area (Å²) in [4.78, 5) is 16.7. The van der Waals surface area contributed by atoms with Crippen LogP contribution in [0.2, 0.25) is 0 Å². The van der Waals surface area contributed by atoms with Crippen LogP contribution in [0.4, 0.5) is 0 Å². The number of fused-ring (bicyclic) bond motifs is 1. The Hall–Kier alpha value is -3.12. The van der Waals surface area contributed by atoms with Gasteiger partial charge in [0.25, 0.3) is 0 Å². The molecular formula is C25H24N4OS. The van der Waals surface area contributed by atoms with Crippen LogP contribution in [-0.2, 0) is 4.79 Å². The number of aromatic nitrogens is 3. The van der Waals surface area contributed by atoms with Crippen molar-refractivity contribution < 1.29 is 4.79 Å². The Balaban J connectivity index is 1.32. The quantitative estimate of drug-likeness (QED) is 0.421. The second-order valence-electron chi connectivity index (χ2n) is 7.81. The molecule has 1 amide bonds. The number of amides is 1. The number of thioether (sulfide) groups is 1. The van der Waals surface area contributed by atoms with Gasteiger partial charge < -0.3 is 4.90 Å². The second kappa shape index (κ2) is 8.94. The zero-order valence-electron chi connectivity index (χ0n) is 17.2. The molecule has 0 saturated carbocycles. The number of nitrogens with zero attached hydrogens (tertiary/aromatic N) is 4. The highest BCUT2D eigenvalue weighted by Gasteiger charge is 2.31. The van der Waals surface area contributed by atoms with Crippen molar-refractivity contribution in [1.82, 2.24) is 19.5 Å². The van der Waals surface area contributed by atoms with E-state index >= 15 is 0 Å². The maximum Gasteiger partial charge on any atom is 0.240 e. The second-order valence-corrected chi connectivity index (χ2v) is 8.99. The fourth-order valence-electron chi connectivity index (χ4n) is 4.19. The molecule has 4 aromatic rings. The van der Waals surface area contributed by atoms with Crippen molar-refractivity contribution in [3.63, 3.8) is 0 Å². The largest absolute Gasteiger partial charge is 0.341 e. The average Bonchev–Trinajstić information content (AvgIpc) is 3.28. The number of hydrogen-bond acceptors (Lipinski definition) is 4. The standard InChI is InChI=1S/C25H24N4OS/c30-25(23(19-9-3-1-4-10-19)31-21-11-5-2-6-12-21)28-17-14-20(15-18-28)24-27-26-22-13-7-8-16-29(22)24/h1-13,16,20,23H,14-15,17-18H2/t23-/m0/s1. The van der Waals surface area contributed by atoms with Crippen LogP contribution in [0, 0.1) is 0 Å². The molecule has 1 saturated heterocycles. The van der Waals surface area contributed by atoms with Crippen LogP contribution in [0.25, 0.3) is 5.65 Å². The highest BCUT2D eigenvalue weighted by molar-refractivity contribution is 8.00. The van der Waals surface area contributed by atoms with Gasteiger partial charge in [0, 0.05) is 30.1 Å². The lowest BCUT2D eigenvalue weighted by atomic mass is 9.95. The lowest BCUT2D eigenvalue weighted by Crippen LogP contribution is -2.40. The van der Waals surface area contributed by atoms with Gasteiger partial charge in [0.15, 0.2) is 5.65 Å². The number of carbonyl (C=O) groups excluding carboxylic acids is 1. The molecule has 0 N–H and O–H groups in total. The van der Waals surface area contributed by atoms with Gasteiger partial charge in [-0.15, -0.1) is 22.0 Å². The third-order valence-electron chi connectivity index (χ3n) is 5.84. The predicted octanol–water partition coefficient (Wildman–Crippen LogP) is 4.97. The van der Waals surface area contributed by atoms with E-state index in [0.29, 0.717) is 5.92 Å². The first-order valence-corrected chi connectivity index (χ1v) is 11.5. The van der Waals surface area contributed by atoms with E-state index in [1.807, 2.05) is 77.8 Å². The van der Waals surface area contributed by atoms with Gasteiger partial charge in [-0.3, -0.25) is 9.20 Å². The maximum absolute atomic E-state index is 13.6. The van der Waals surface area contributed by atoms with Gasteiger partial charge in [0.1, 0.15) is 11.1 Å². The normalized spacial score (nSPS) is 15.8. The van der Waals surface area contributed by atoms with Crippen molar-refractivity contribution in [3.05, 3.63) is 96.4 Å². The van der Waals surface area contributed by atoms with E-state index < -0.39 is 0 Å². The van der Waals surface area contributed by atoms with E-state index in [4.69, 9.17) is 0 Å². The zero-order valence-corrected chi connectivity index (χ0v) is 18.0. The first kappa shape index (κ1) is 19.8. The number of carbonyl (C=O) groups is 1. The first-order valence-electron chi connectivity index (χ1n) is 10.6. The van der Waals surface area contributed by atoms with Gasteiger partial charge in [-0.25, -0.2) is 0 Å². The molecule has 0 bridgehead atoms. The Morgan fingerprint density at radius 3 is 2.29 bits per heavy atom. The van der Waals surface area contributed by atoms with Gasteiger partial charge >= 0.3 is 0 Å². The van der Waals surface area contributed by atoms with Crippen molar-refractivity contribution >= 4 is 23.3 Å². The van der Waals surface area contributed by atoms with Crippen molar-refractivity contribution in [2.24, 2.45) is 0 Å². The topological polar surface area (TPSA) is 50.5 Å². The Morgan fingerprint density at radius 2 is 1.55 bits per heavy atom. The van der Waals surface area contributed by atoms with E-state index in [2.05, 4.69) is 26.7 Å². The number of pyridine rings is 1. The Bertz CT molecular complexity index is 1150. The molecule has 0 radical (unpaired) electrons. The summed E-state index contributed by atoms with van der Waals surface area (Å²) in [6, 6.07) is 26.2. The van der Waals surface area contributed by atoms with Crippen LogP contribution in [0.15, 0.2) is 90.0 Å². The maximum atomic E-state index is 13.6. The molecule has 2 aromatic carbocycles. The summed E-state index contributed by atoms with van der Waals surface area (Å²) in [5.74, 6) is 1.50. The number of likely N-dealkylation sites (tertiary alicyclic amines) is 1. The van der Waals surface area contributed by atoms with Crippen molar-refractivity contribution in [2.75, 3.05) is 13.1 Å². The SMILES string of the molecule is O=C([C@@H](Sc1ccccc1)c1ccccc1)N1CCC(c2nnc3ccccn23)CC1. The van der Waals surface area contributed by atoms with Crippen molar-refractivity contribution in [1.29, 1.82) is 0 Å². The summed E-state index contributed by atoms with van der Waals surface area (Å²) in [6.45, 7) is 1.48. The molecule has 0 aliphatic carbocycles. The highest BCUT2D eigenvalue weighted by Crippen LogP contribution is 2.38. The monoisotopic (exact) mass is 428 g/mol. The van der Waals surface area contributed by atoms with Crippen molar-refractivity contribution in [3.8, 4) is 0 Å². The summed E-state index contributed by atoms with van der Waals surface area (Å²) >= 11 is 1.63. The molecule has 1 fully saturated rings. The Morgan fingerprint density at radius 1 is 0.871 bits per heavy atom. The number of rotatable bonds is 5. The predicted molar refractivity (Wildman–Crippen MR) is 123 cm³/mol. The molecule has 3 heterocycles. The molecule has 0 spiro atoms. The molecule has 5 nitrogen and oxygen atoms in total. The zero-order chi connectivity index (χ0) is 21.0. The third kappa shape index (κ3) is 4.21. The average molecular weight is 429 g/mol.